The van der Waals surface area contributed by atoms with Gasteiger partial charge in [-0.05, 0) is 31.3 Å². The third-order valence-corrected chi connectivity index (χ3v) is 5.37. The van der Waals surface area contributed by atoms with Crippen LogP contribution in [0.1, 0.15) is 11.1 Å². The van der Waals surface area contributed by atoms with Crippen LogP contribution >= 0.6 is 0 Å². The molecule has 1 saturated heterocycles. The van der Waals surface area contributed by atoms with Crippen molar-refractivity contribution in [1.82, 2.24) is 15.2 Å². The number of amides is 1. The first kappa shape index (κ1) is 19.3. The second-order valence-corrected chi connectivity index (χ2v) is 7.72. The quantitative estimate of drug-likeness (QED) is 0.550. The smallest absolute Gasteiger partial charge is 0.261 e. The zero-order chi connectivity index (χ0) is 21.5. The first-order valence-electron chi connectivity index (χ1n) is 9.86. The van der Waals surface area contributed by atoms with E-state index in [0.717, 1.165) is 13.1 Å². The molecule has 3 aromatic rings. The van der Waals surface area contributed by atoms with E-state index < -0.39 is 5.82 Å². The topological polar surface area (TPSA) is 102 Å². The fourth-order valence-electron chi connectivity index (χ4n) is 3.94. The van der Waals surface area contributed by atoms with Gasteiger partial charge in [-0.1, -0.05) is 23.4 Å². The lowest BCUT2D eigenvalue weighted by Gasteiger charge is -2.36. The summed E-state index contributed by atoms with van der Waals surface area (Å²) in [6.45, 7) is 1.37. The van der Waals surface area contributed by atoms with Gasteiger partial charge in [-0.25, -0.2) is 9.38 Å². The van der Waals surface area contributed by atoms with E-state index in [1.54, 1.807) is 6.07 Å². The molecule has 2 aromatic carbocycles. The minimum absolute atomic E-state index is 0.121. The van der Waals surface area contributed by atoms with Crippen LogP contribution in [0.4, 0.5) is 10.1 Å². The Hall–Kier alpha value is -3.72. The first-order chi connectivity index (χ1) is 15.0. The molecule has 158 valence electrons. The average molecular weight is 421 g/mol. The number of fused-ring (bicyclic) bond motifs is 2. The molecule has 1 aromatic heterocycles. The molecule has 0 bridgehead atoms. The normalized spacial score (nSPS) is 17.5. The van der Waals surface area contributed by atoms with Crippen molar-refractivity contribution in [2.45, 2.75) is 6.04 Å². The summed E-state index contributed by atoms with van der Waals surface area (Å²) >= 11 is 0. The van der Waals surface area contributed by atoms with Gasteiger partial charge in [-0.3, -0.25) is 4.79 Å². The van der Waals surface area contributed by atoms with E-state index in [1.165, 1.54) is 12.1 Å². The molecule has 0 atom stereocenters. The molecular formula is C22H20FN5O3. The molecule has 9 heteroatoms. The number of likely N-dealkylation sites (N-methyl/N-ethyl adjacent to an activating group) is 1. The van der Waals surface area contributed by atoms with Crippen LogP contribution in [0, 0.1) is 5.82 Å². The van der Waals surface area contributed by atoms with Crippen LogP contribution in [0.15, 0.2) is 52.6 Å². The Balaban J connectivity index is 1.45. The Labute approximate surface area is 177 Å². The Morgan fingerprint density at radius 3 is 2.97 bits per heavy atom. The SMILES string of the molecule is CN1CC(NC(=O)CON=C2C(c3c(O)[nH]c4ccc(F)cc34)=Nc3ccccc32)C1. The van der Waals surface area contributed by atoms with E-state index in [9.17, 15) is 14.3 Å². The minimum atomic E-state index is -0.433. The molecule has 0 unspecified atom stereocenters. The van der Waals surface area contributed by atoms with Gasteiger partial charge < -0.3 is 25.1 Å². The molecule has 5 rings (SSSR count). The molecule has 31 heavy (non-hydrogen) atoms. The lowest BCUT2D eigenvalue weighted by atomic mass is 10.0. The number of aromatic nitrogens is 1. The Kier molecular flexibility index (Phi) is 4.67. The molecule has 8 nitrogen and oxygen atoms in total. The summed E-state index contributed by atoms with van der Waals surface area (Å²) in [6, 6.07) is 11.6. The van der Waals surface area contributed by atoms with E-state index in [2.05, 4.69) is 25.3 Å². The lowest BCUT2D eigenvalue weighted by molar-refractivity contribution is -0.127. The number of nitrogens with zero attached hydrogens (tertiary/aromatic N) is 3. The maximum atomic E-state index is 13.9. The average Bonchev–Trinajstić information content (AvgIpc) is 3.23. The van der Waals surface area contributed by atoms with Gasteiger partial charge >= 0.3 is 0 Å². The highest BCUT2D eigenvalue weighted by atomic mass is 19.1. The van der Waals surface area contributed by atoms with E-state index in [-0.39, 0.29) is 24.4 Å². The molecule has 2 aliphatic heterocycles. The predicted molar refractivity (Wildman–Crippen MR) is 114 cm³/mol. The number of aromatic amines is 1. The number of oxime groups is 1. The lowest BCUT2D eigenvalue weighted by Crippen LogP contribution is -2.58. The summed E-state index contributed by atoms with van der Waals surface area (Å²) < 4.78 is 13.9. The van der Waals surface area contributed by atoms with Gasteiger partial charge in [0.05, 0.1) is 17.3 Å². The fraction of sp³-hybridized carbons (Fsp3) is 0.227. The summed E-state index contributed by atoms with van der Waals surface area (Å²) in [5.74, 6) is -0.840. The van der Waals surface area contributed by atoms with Crippen LogP contribution < -0.4 is 5.32 Å². The van der Waals surface area contributed by atoms with E-state index in [1.807, 2.05) is 31.3 Å². The summed E-state index contributed by atoms with van der Waals surface area (Å²) in [7, 11) is 1.98. The number of benzene rings is 2. The number of carbonyl (C=O) groups is 1. The number of aliphatic imine (C=N–C) groups is 1. The predicted octanol–water partition coefficient (Wildman–Crippen LogP) is 2.30. The maximum Gasteiger partial charge on any atom is 0.261 e. The van der Waals surface area contributed by atoms with Gasteiger partial charge in [-0.2, -0.15) is 0 Å². The molecule has 3 N–H and O–H groups in total. The summed E-state index contributed by atoms with van der Waals surface area (Å²) in [6.07, 6.45) is 0. The number of halogens is 1. The number of hydrogen-bond acceptors (Lipinski definition) is 6. The van der Waals surface area contributed by atoms with Crippen LogP contribution in [0.2, 0.25) is 0 Å². The van der Waals surface area contributed by atoms with Crippen molar-refractivity contribution in [3.63, 3.8) is 0 Å². The Bertz CT molecular complexity index is 1240. The van der Waals surface area contributed by atoms with Gasteiger partial charge in [-0.15, -0.1) is 0 Å². The number of nitrogens with one attached hydrogen (secondary N) is 2. The molecule has 0 saturated carbocycles. The highest BCUT2D eigenvalue weighted by Gasteiger charge is 2.30. The van der Waals surface area contributed by atoms with Crippen molar-refractivity contribution in [3.8, 4) is 5.88 Å². The second kappa shape index (κ2) is 7.51. The fourth-order valence-corrected chi connectivity index (χ4v) is 3.94. The molecule has 3 heterocycles. The van der Waals surface area contributed by atoms with Gasteiger partial charge in [0.2, 0.25) is 0 Å². The van der Waals surface area contributed by atoms with Gasteiger partial charge in [0.25, 0.3) is 5.91 Å². The maximum absolute atomic E-state index is 13.9. The van der Waals surface area contributed by atoms with Crippen LogP contribution in [-0.2, 0) is 9.63 Å². The summed E-state index contributed by atoms with van der Waals surface area (Å²) in [4.78, 5) is 27.0. The van der Waals surface area contributed by atoms with Crippen molar-refractivity contribution in [2.24, 2.45) is 10.1 Å². The van der Waals surface area contributed by atoms with Crippen LogP contribution in [-0.4, -0.2) is 65.1 Å². The molecule has 0 radical (unpaired) electrons. The summed E-state index contributed by atoms with van der Waals surface area (Å²) in [5, 5.41) is 18.1. The third-order valence-electron chi connectivity index (χ3n) is 5.37. The highest BCUT2D eigenvalue weighted by molar-refractivity contribution is 6.58. The van der Waals surface area contributed by atoms with Crippen molar-refractivity contribution >= 4 is 33.9 Å². The first-order valence-corrected chi connectivity index (χ1v) is 9.86. The largest absolute Gasteiger partial charge is 0.494 e. The number of H-pyrrole nitrogens is 1. The van der Waals surface area contributed by atoms with Crippen LogP contribution in [0.5, 0.6) is 5.88 Å². The third kappa shape index (κ3) is 3.53. The molecular weight excluding hydrogens is 401 g/mol. The van der Waals surface area contributed by atoms with E-state index >= 15 is 0 Å². The molecule has 1 amide bonds. The van der Waals surface area contributed by atoms with Crippen LogP contribution in [0.3, 0.4) is 0 Å². The highest BCUT2D eigenvalue weighted by Crippen LogP contribution is 2.35. The van der Waals surface area contributed by atoms with Gasteiger partial charge in [0.1, 0.15) is 17.2 Å². The molecule has 0 spiro atoms. The van der Waals surface area contributed by atoms with Crippen LogP contribution in [0.25, 0.3) is 10.9 Å². The monoisotopic (exact) mass is 421 g/mol. The number of aromatic hydroxyl groups is 1. The Morgan fingerprint density at radius 2 is 2.16 bits per heavy atom. The number of para-hydroxylation sites is 1. The number of hydrogen-bond donors (Lipinski definition) is 3. The van der Waals surface area contributed by atoms with Gasteiger partial charge in [0, 0.05) is 29.6 Å². The number of likely N-dealkylation sites (tertiary alicyclic amines) is 1. The van der Waals surface area contributed by atoms with Crippen molar-refractivity contribution in [1.29, 1.82) is 0 Å². The molecule has 0 aliphatic carbocycles. The number of rotatable bonds is 5. The zero-order valence-corrected chi connectivity index (χ0v) is 16.7. The second-order valence-electron chi connectivity index (χ2n) is 7.72. The van der Waals surface area contributed by atoms with Crippen molar-refractivity contribution in [2.75, 3.05) is 26.7 Å². The molecule has 2 aliphatic rings. The standard InChI is InChI=1S/C22H20FN5O3/c1-28-9-13(10-28)24-18(29)11-31-27-20-14-4-2-3-5-16(14)25-21(20)19-15-8-12(23)6-7-17(15)26-22(19)30/h2-8,13,26,30H,9-11H2,1H3,(H,24,29). The zero-order valence-electron chi connectivity index (χ0n) is 16.7. The minimum Gasteiger partial charge on any atom is -0.494 e. The van der Waals surface area contributed by atoms with Crippen molar-refractivity contribution < 1.29 is 19.1 Å². The van der Waals surface area contributed by atoms with E-state index in [0.29, 0.717) is 39.1 Å². The van der Waals surface area contributed by atoms with E-state index in [4.69, 9.17) is 4.84 Å². The summed E-state index contributed by atoms with van der Waals surface area (Å²) in [5.41, 5.74) is 2.95. The Morgan fingerprint density at radius 1 is 1.35 bits per heavy atom. The molecule has 1 fully saturated rings. The number of carbonyl (C=O) groups excluding carboxylic acids is 1. The van der Waals surface area contributed by atoms with Crippen molar-refractivity contribution in [3.05, 3.63) is 59.4 Å². The van der Waals surface area contributed by atoms with Gasteiger partial charge in [0.15, 0.2) is 12.5 Å².